The van der Waals surface area contributed by atoms with Crippen molar-refractivity contribution in [3.8, 4) is 6.07 Å². The molecule has 6 heteroatoms. The fourth-order valence-corrected chi connectivity index (χ4v) is 2.40. The summed E-state index contributed by atoms with van der Waals surface area (Å²) in [7, 11) is 0. The Hall–Kier alpha value is -0.890. The lowest BCUT2D eigenvalue weighted by Gasteiger charge is -2.12. The van der Waals surface area contributed by atoms with Crippen LogP contribution in [0.15, 0.2) is 18.2 Å². The normalized spacial score (nSPS) is 11.7. The SMILES string of the molecule is CC(SCC(=O)NCC#N)c1ccc(Cl)c(Cl)c1. The molecule has 0 aliphatic rings. The summed E-state index contributed by atoms with van der Waals surface area (Å²) >= 11 is 13.2. The molecule has 96 valence electrons. The summed E-state index contributed by atoms with van der Waals surface area (Å²) in [5.41, 5.74) is 1.02. The van der Waals surface area contributed by atoms with Crippen molar-refractivity contribution in [3.05, 3.63) is 33.8 Å². The number of rotatable bonds is 5. The maximum Gasteiger partial charge on any atom is 0.230 e. The molecule has 1 aromatic carbocycles. The molecule has 3 nitrogen and oxygen atoms in total. The molecule has 0 bridgehead atoms. The predicted octanol–water partition coefficient (Wildman–Crippen LogP) is 3.43. The lowest BCUT2D eigenvalue weighted by atomic mass is 10.2. The molecule has 0 aliphatic heterocycles. The number of benzene rings is 1. The highest BCUT2D eigenvalue weighted by Crippen LogP contribution is 2.32. The molecule has 0 aromatic heterocycles. The summed E-state index contributed by atoms with van der Waals surface area (Å²) in [6, 6.07) is 7.29. The van der Waals surface area contributed by atoms with E-state index in [4.69, 9.17) is 28.5 Å². The maximum absolute atomic E-state index is 11.3. The van der Waals surface area contributed by atoms with Crippen LogP contribution in [-0.2, 0) is 4.79 Å². The molecule has 0 saturated carbocycles. The Kier molecular flexibility index (Phi) is 6.34. The lowest BCUT2D eigenvalue weighted by molar-refractivity contribution is -0.118. The first-order chi connectivity index (χ1) is 8.54. The minimum absolute atomic E-state index is 0.0422. The van der Waals surface area contributed by atoms with Crippen molar-refractivity contribution in [2.75, 3.05) is 12.3 Å². The molecule has 1 atom stereocenters. The van der Waals surface area contributed by atoms with Gasteiger partial charge in [0.05, 0.1) is 21.9 Å². The number of thioether (sulfide) groups is 1. The monoisotopic (exact) mass is 302 g/mol. The van der Waals surface area contributed by atoms with Gasteiger partial charge in [-0.1, -0.05) is 29.3 Å². The van der Waals surface area contributed by atoms with Gasteiger partial charge in [-0.25, -0.2) is 0 Å². The molecule has 0 heterocycles. The Morgan fingerprint density at radius 2 is 2.22 bits per heavy atom. The van der Waals surface area contributed by atoms with Crippen LogP contribution in [0.4, 0.5) is 0 Å². The fourth-order valence-electron chi connectivity index (χ4n) is 1.25. The van der Waals surface area contributed by atoms with E-state index in [1.54, 1.807) is 12.1 Å². The zero-order valence-corrected chi connectivity index (χ0v) is 12.1. The largest absolute Gasteiger partial charge is 0.342 e. The second kappa shape index (κ2) is 7.52. The lowest BCUT2D eigenvalue weighted by Crippen LogP contribution is -2.25. The molecule has 0 saturated heterocycles. The van der Waals surface area contributed by atoms with Crippen molar-refractivity contribution in [2.45, 2.75) is 12.2 Å². The number of halogens is 2. The van der Waals surface area contributed by atoms with Crippen LogP contribution < -0.4 is 5.32 Å². The molecule has 0 fully saturated rings. The maximum atomic E-state index is 11.3. The van der Waals surface area contributed by atoms with Crippen LogP contribution in [0.3, 0.4) is 0 Å². The van der Waals surface area contributed by atoms with Crippen LogP contribution in [0.5, 0.6) is 0 Å². The van der Waals surface area contributed by atoms with Gasteiger partial charge in [-0.2, -0.15) is 5.26 Å². The topological polar surface area (TPSA) is 52.9 Å². The van der Waals surface area contributed by atoms with E-state index >= 15 is 0 Å². The summed E-state index contributed by atoms with van der Waals surface area (Å²) in [6.45, 7) is 2.03. The van der Waals surface area contributed by atoms with Gasteiger partial charge in [-0.15, -0.1) is 11.8 Å². The molecule has 0 radical (unpaired) electrons. The number of nitrogens with one attached hydrogen (secondary N) is 1. The average Bonchev–Trinajstić information content (AvgIpc) is 2.36. The number of amides is 1. The van der Waals surface area contributed by atoms with Crippen molar-refractivity contribution >= 4 is 40.9 Å². The van der Waals surface area contributed by atoms with Crippen LogP contribution in [0.25, 0.3) is 0 Å². The minimum atomic E-state index is -0.145. The summed E-state index contributed by atoms with van der Waals surface area (Å²) in [6.07, 6.45) is 0. The Morgan fingerprint density at radius 3 is 2.83 bits per heavy atom. The molecule has 18 heavy (non-hydrogen) atoms. The number of nitrogens with zero attached hydrogens (tertiary/aromatic N) is 1. The highest BCUT2D eigenvalue weighted by molar-refractivity contribution is 8.00. The zero-order chi connectivity index (χ0) is 13.5. The molecular formula is C12H12Cl2N2OS. The van der Waals surface area contributed by atoms with Crippen LogP contribution in [-0.4, -0.2) is 18.2 Å². The Bertz CT molecular complexity index is 474. The summed E-state index contributed by atoms with van der Waals surface area (Å²) in [5, 5.41) is 12.0. The van der Waals surface area contributed by atoms with Gasteiger partial charge >= 0.3 is 0 Å². The van der Waals surface area contributed by atoms with Crippen LogP contribution in [0.2, 0.25) is 10.0 Å². The van der Waals surface area contributed by atoms with Gasteiger partial charge in [-0.3, -0.25) is 4.79 Å². The standard InChI is InChI=1S/C12H12Cl2N2OS/c1-8(18-7-12(17)16-5-4-15)9-2-3-10(13)11(14)6-9/h2-3,6,8H,5,7H2,1H3,(H,16,17). The van der Waals surface area contributed by atoms with Crippen molar-refractivity contribution < 1.29 is 4.79 Å². The van der Waals surface area contributed by atoms with E-state index < -0.39 is 0 Å². The van der Waals surface area contributed by atoms with E-state index in [1.807, 2.05) is 19.1 Å². The van der Waals surface area contributed by atoms with Crippen LogP contribution >= 0.6 is 35.0 Å². The molecule has 1 unspecified atom stereocenters. The molecule has 0 spiro atoms. The van der Waals surface area contributed by atoms with Crippen LogP contribution in [0.1, 0.15) is 17.7 Å². The minimum Gasteiger partial charge on any atom is -0.342 e. The van der Waals surface area contributed by atoms with Gasteiger partial charge in [0.25, 0.3) is 0 Å². The molecule has 1 rings (SSSR count). The van der Waals surface area contributed by atoms with Gasteiger partial charge in [0, 0.05) is 5.25 Å². The first-order valence-electron chi connectivity index (χ1n) is 5.24. The number of carbonyl (C=O) groups excluding carboxylic acids is 1. The average molecular weight is 303 g/mol. The predicted molar refractivity (Wildman–Crippen MR) is 76.0 cm³/mol. The smallest absolute Gasteiger partial charge is 0.230 e. The van der Waals surface area contributed by atoms with Gasteiger partial charge in [0.1, 0.15) is 6.54 Å². The highest BCUT2D eigenvalue weighted by Gasteiger charge is 2.10. The van der Waals surface area contributed by atoms with Gasteiger partial charge in [0.2, 0.25) is 5.91 Å². The molecule has 1 aromatic rings. The van der Waals surface area contributed by atoms with Crippen molar-refractivity contribution in [1.29, 1.82) is 5.26 Å². The Labute approximate surface area is 120 Å². The molecular weight excluding hydrogens is 291 g/mol. The second-order valence-electron chi connectivity index (χ2n) is 3.56. The number of carbonyl (C=O) groups is 1. The van der Waals surface area contributed by atoms with E-state index in [2.05, 4.69) is 5.32 Å². The molecule has 1 amide bonds. The third kappa shape index (κ3) is 4.77. The first-order valence-corrected chi connectivity index (χ1v) is 7.05. The Morgan fingerprint density at radius 1 is 1.50 bits per heavy atom. The van der Waals surface area contributed by atoms with Gasteiger partial charge in [0.15, 0.2) is 0 Å². The zero-order valence-electron chi connectivity index (χ0n) is 9.74. The highest BCUT2D eigenvalue weighted by atomic mass is 35.5. The summed E-state index contributed by atoms with van der Waals surface area (Å²) < 4.78 is 0. The van der Waals surface area contributed by atoms with E-state index in [9.17, 15) is 4.79 Å². The van der Waals surface area contributed by atoms with E-state index in [1.165, 1.54) is 11.8 Å². The second-order valence-corrected chi connectivity index (χ2v) is 5.71. The van der Waals surface area contributed by atoms with Crippen LogP contribution in [0, 0.1) is 11.3 Å². The van der Waals surface area contributed by atoms with E-state index in [0.717, 1.165) is 5.56 Å². The molecule has 0 aliphatic carbocycles. The van der Waals surface area contributed by atoms with Gasteiger partial charge in [-0.05, 0) is 24.6 Å². The van der Waals surface area contributed by atoms with Crippen molar-refractivity contribution in [1.82, 2.24) is 5.32 Å². The van der Waals surface area contributed by atoms with Gasteiger partial charge < -0.3 is 5.32 Å². The van der Waals surface area contributed by atoms with E-state index in [-0.39, 0.29) is 17.7 Å². The Balaban J connectivity index is 2.50. The third-order valence-corrected chi connectivity index (χ3v) is 4.18. The van der Waals surface area contributed by atoms with Crippen molar-refractivity contribution in [3.63, 3.8) is 0 Å². The fraction of sp³-hybridized carbons (Fsp3) is 0.333. The number of hydrogen-bond donors (Lipinski definition) is 1. The number of hydrogen-bond acceptors (Lipinski definition) is 3. The van der Waals surface area contributed by atoms with E-state index in [0.29, 0.717) is 15.8 Å². The quantitative estimate of drug-likeness (QED) is 0.848. The summed E-state index contributed by atoms with van der Waals surface area (Å²) in [4.78, 5) is 11.3. The first kappa shape index (κ1) is 15.2. The third-order valence-electron chi connectivity index (χ3n) is 2.24. The van der Waals surface area contributed by atoms with Crippen molar-refractivity contribution in [2.24, 2.45) is 0 Å². The summed E-state index contributed by atoms with van der Waals surface area (Å²) in [5.74, 6) is 0.164. The molecule has 1 N–H and O–H groups in total. The number of nitriles is 1.